The van der Waals surface area contributed by atoms with Crippen molar-refractivity contribution >= 4 is 5.82 Å². The lowest BCUT2D eigenvalue weighted by Crippen LogP contribution is -2.30. The Kier molecular flexibility index (Phi) is 6.83. The minimum atomic E-state index is 0.384. The Balaban J connectivity index is 1.61. The molecule has 0 amide bonds. The Morgan fingerprint density at radius 2 is 2.15 bits per heavy atom. The molecule has 3 rings (SSSR count). The topological polar surface area (TPSA) is 58.3 Å². The summed E-state index contributed by atoms with van der Waals surface area (Å²) in [5.74, 6) is 2.61. The summed E-state index contributed by atoms with van der Waals surface area (Å²) >= 11 is 0. The highest BCUT2D eigenvalue weighted by Crippen LogP contribution is 2.23. The number of unbranched alkanes of at least 4 members (excludes halogenated alkanes) is 1. The molecule has 1 saturated heterocycles. The van der Waals surface area contributed by atoms with Crippen molar-refractivity contribution in [2.24, 2.45) is 0 Å². The lowest BCUT2D eigenvalue weighted by molar-refractivity contribution is 0.176. The van der Waals surface area contributed by atoms with Crippen LogP contribution >= 0.6 is 0 Å². The SMILES string of the molecule is CCCCc1noc(CN(Cc2ccc(N3CCC[C@@H]3C)nc2)C(C)C)n1. The predicted octanol–water partition coefficient (Wildman–Crippen LogP) is 4.21. The second-order valence-electron chi connectivity index (χ2n) is 7.92. The molecule has 2 aromatic heterocycles. The third-order valence-electron chi connectivity index (χ3n) is 5.37. The van der Waals surface area contributed by atoms with Crippen LogP contribution in [-0.4, -0.2) is 38.7 Å². The number of pyridine rings is 1. The standard InChI is InChI=1S/C21H33N5O/c1-5-6-9-19-23-21(27-24-19)15-25(16(2)3)14-18-10-11-20(22-13-18)26-12-7-8-17(26)4/h10-11,13,16-17H,5-9,12,14-15H2,1-4H3/t17-/m0/s1. The summed E-state index contributed by atoms with van der Waals surface area (Å²) < 4.78 is 5.45. The largest absolute Gasteiger partial charge is 0.354 e. The summed E-state index contributed by atoms with van der Waals surface area (Å²) in [6.45, 7) is 11.5. The summed E-state index contributed by atoms with van der Waals surface area (Å²) in [7, 11) is 0. The Morgan fingerprint density at radius 1 is 1.30 bits per heavy atom. The molecule has 0 saturated carbocycles. The zero-order valence-corrected chi connectivity index (χ0v) is 17.2. The van der Waals surface area contributed by atoms with E-state index in [0.717, 1.165) is 44.0 Å². The van der Waals surface area contributed by atoms with E-state index in [9.17, 15) is 0 Å². The van der Waals surface area contributed by atoms with Crippen molar-refractivity contribution in [3.63, 3.8) is 0 Å². The third kappa shape index (κ3) is 5.28. The van der Waals surface area contributed by atoms with Crippen LogP contribution in [0.2, 0.25) is 0 Å². The van der Waals surface area contributed by atoms with Crippen molar-refractivity contribution in [3.05, 3.63) is 35.6 Å². The molecule has 6 nitrogen and oxygen atoms in total. The number of aryl methyl sites for hydroxylation is 1. The molecule has 1 aliphatic heterocycles. The second kappa shape index (κ2) is 9.31. The van der Waals surface area contributed by atoms with Crippen LogP contribution in [0.15, 0.2) is 22.9 Å². The van der Waals surface area contributed by atoms with E-state index in [1.165, 1.54) is 18.4 Å². The summed E-state index contributed by atoms with van der Waals surface area (Å²) in [6.07, 6.45) is 7.66. The molecule has 3 heterocycles. The number of anilines is 1. The van der Waals surface area contributed by atoms with Crippen LogP contribution in [0.4, 0.5) is 5.82 Å². The van der Waals surface area contributed by atoms with Gasteiger partial charge in [0, 0.05) is 37.8 Å². The molecule has 0 radical (unpaired) electrons. The maximum absolute atomic E-state index is 5.45. The molecule has 2 aromatic rings. The molecule has 0 spiro atoms. The van der Waals surface area contributed by atoms with Crippen molar-refractivity contribution in [1.29, 1.82) is 0 Å². The highest BCUT2D eigenvalue weighted by atomic mass is 16.5. The van der Waals surface area contributed by atoms with Gasteiger partial charge in [0.05, 0.1) is 6.54 Å². The van der Waals surface area contributed by atoms with Crippen LogP contribution in [0, 0.1) is 0 Å². The lowest BCUT2D eigenvalue weighted by Gasteiger charge is -2.25. The van der Waals surface area contributed by atoms with Gasteiger partial charge in [-0.05, 0) is 51.7 Å². The Morgan fingerprint density at radius 3 is 2.78 bits per heavy atom. The first-order valence-electron chi connectivity index (χ1n) is 10.3. The van der Waals surface area contributed by atoms with E-state index >= 15 is 0 Å². The fraction of sp³-hybridized carbons (Fsp3) is 0.667. The van der Waals surface area contributed by atoms with Crippen LogP contribution in [0.5, 0.6) is 0 Å². The number of rotatable bonds is 9. The van der Waals surface area contributed by atoms with E-state index in [2.05, 4.69) is 59.8 Å². The minimum Gasteiger partial charge on any atom is -0.354 e. The predicted molar refractivity (Wildman–Crippen MR) is 108 cm³/mol. The van der Waals surface area contributed by atoms with Gasteiger partial charge in [0.15, 0.2) is 5.82 Å². The smallest absolute Gasteiger partial charge is 0.240 e. The molecule has 0 bridgehead atoms. The van der Waals surface area contributed by atoms with Gasteiger partial charge in [-0.3, -0.25) is 4.90 Å². The zero-order chi connectivity index (χ0) is 19.2. The highest BCUT2D eigenvalue weighted by molar-refractivity contribution is 5.41. The minimum absolute atomic E-state index is 0.384. The Hall–Kier alpha value is -1.95. The summed E-state index contributed by atoms with van der Waals surface area (Å²) in [5, 5.41) is 4.11. The summed E-state index contributed by atoms with van der Waals surface area (Å²) in [4.78, 5) is 14.0. The molecule has 1 aliphatic rings. The van der Waals surface area contributed by atoms with Gasteiger partial charge in [-0.2, -0.15) is 4.98 Å². The van der Waals surface area contributed by atoms with Crippen LogP contribution < -0.4 is 4.90 Å². The molecule has 0 unspecified atom stereocenters. The first-order valence-corrected chi connectivity index (χ1v) is 10.3. The van der Waals surface area contributed by atoms with Crippen LogP contribution in [0.3, 0.4) is 0 Å². The van der Waals surface area contributed by atoms with Crippen LogP contribution in [0.25, 0.3) is 0 Å². The molecule has 6 heteroatoms. The molecule has 148 valence electrons. The van der Waals surface area contributed by atoms with Gasteiger partial charge in [-0.1, -0.05) is 24.6 Å². The molecular formula is C21H33N5O. The summed E-state index contributed by atoms with van der Waals surface area (Å²) in [6, 6.07) is 5.33. The number of hydrogen-bond acceptors (Lipinski definition) is 6. The Bertz CT molecular complexity index is 697. The monoisotopic (exact) mass is 371 g/mol. The van der Waals surface area contributed by atoms with Gasteiger partial charge in [-0.25, -0.2) is 4.98 Å². The van der Waals surface area contributed by atoms with Crippen LogP contribution in [0.1, 0.15) is 70.7 Å². The van der Waals surface area contributed by atoms with Gasteiger partial charge < -0.3 is 9.42 Å². The van der Waals surface area contributed by atoms with E-state index in [4.69, 9.17) is 9.51 Å². The van der Waals surface area contributed by atoms with Crippen LogP contribution in [-0.2, 0) is 19.5 Å². The summed E-state index contributed by atoms with van der Waals surface area (Å²) in [5.41, 5.74) is 1.21. The van der Waals surface area contributed by atoms with Gasteiger partial charge in [0.2, 0.25) is 5.89 Å². The zero-order valence-electron chi connectivity index (χ0n) is 17.2. The molecule has 27 heavy (non-hydrogen) atoms. The quantitative estimate of drug-likeness (QED) is 0.658. The second-order valence-corrected chi connectivity index (χ2v) is 7.92. The number of aromatic nitrogens is 3. The van der Waals surface area contributed by atoms with E-state index in [0.29, 0.717) is 24.5 Å². The molecule has 0 N–H and O–H groups in total. The maximum atomic E-state index is 5.45. The third-order valence-corrected chi connectivity index (χ3v) is 5.37. The first kappa shape index (κ1) is 19.8. The first-order chi connectivity index (χ1) is 13.1. The molecule has 1 fully saturated rings. The fourth-order valence-electron chi connectivity index (χ4n) is 3.57. The molecular weight excluding hydrogens is 338 g/mol. The number of hydrogen-bond donors (Lipinski definition) is 0. The van der Waals surface area contributed by atoms with E-state index in [1.807, 2.05) is 6.20 Å². The van der Waals surface area contributed by atoms with Gasteiger partial charge in [-0.15, -0.1) is 0 Å². The van der Waals surface area contributed by atoms with Crippen molar-refractivity contribution in [1.82, 2.24) is 20.0 Å². The van der Waals surface area contributed by atoms with E-state index in [1.54, 1.807) is 0 Å². The Labute approximate surface area is 163 Å². The van der Waals surface area contributed by atoms with Crippen molar-refractivity contribution in [2.75, 3.05) is 11.4 Å². The lowest BCUT2D eigenvalue weighted by atomic mass is 10.2. The number of nitrogens with zero attached hydrogens (tertiary/aromatic N) is 5. The normalized spacial score (nSPS) is 17.4. The van der Waals surface area contributed by atoms with E-state index in [-0.39, 0.29) is 0 Å². The van der Waals surface area contributed by atoms with Gasteiger partial charge in [0.25, 0.3) is 0 Å². The average Bonchev–Trinajstić information content (AvgIpc) is 3.29. The molecule has 0 aromatic carbocycles. The van der Waals surface area contributed by atoms with Gasteiger partial charge >= 0.3 is 0 Å². The van der Waals surface area contributed by atoms with Gasteiger partial charge in [0.1, 0.15) is 5.82 Å². The maximum Gasteiger partial charge on any atom is 0.240 e. The molecule has 0 aliphatic carbocycles. The average molecular weight is 372 g/mol. The highest BCUT2D eigenvalue weighted by Gasteiger charge is 2.21. The van der Waals surface area contributed by atoms with Crippen molar-refractivity contribution in [3.8, 4) is 0 Å². The van der Waals surface area contributed by atoms with Crippen molar-refractivity contribution in [2.45, 2.75) is 85.0 Å². The fourth-order valence-corrected chi connectivity index (χ4v) is 3.57. The molecule has 1 atom stereocenters. The van der Waals surface area contributed by atoms with Crippen molar-refractivity contribution < 1.29 is 4.52 Å². The van der Waals surface area contributed by atoms with E-state index < -0.39 is 0 Å².